The number of amides is 2. The van der Waals surface area contributed by atoms with Crippen LogP contribution in [0.3, 0.4) is 0 Å². The minimum atomic E-state index is -0.118. The molecule has 1 N–H and O–H groups in total. The third-order valence-electron chi connectivity index (χ3n) is 7.81. The van der Waals surface area contributed by atoms with Crippen LogP contribution >= 0.6 is 0 Å². The lowest BCUT2D eigenvalue weighted by Crippen LogP contribution is -2.33. The van der Waals surface area contributed by atoms with Gasteiger partial charge >= 0.3 is 0 Å². The smallest absolute Gasteiger partial charge is 0.251 e. The SMILES string of the molecule is CC(=O)N1CCCCCCCN(Cc2cccnc2)Cc2cc(C(=O)NCc3ccc4c(c3)CC(C)O4)ccc21. The Balaban J connectivity index is 1.38. The highest BCUT2D eigenvalue weighted by molar-refractivity contribution is 5.97. The van der Waals surface area contributed by atoms with Crippen molar-refractivity contribution >= 4 is 17.5 Å². The van der Waals surface area contributed by atoms with E-state index < -0.39 is 0 Å². The van der Waals surface area contributed by atoms with E-state index in [2.05, 4.69) is 34.3 Å². The monoisotopic (exact) mass is 540 g/mol. The molecule has 2 amide bonds. The van der Waals surface area contributed by atoms with Crippen LogP contribution in [0.1, 0.15) is 78.6 Å². The maximum Gasteiger partial charge on any atom is 0.251 e. The molecule has 3 heterocycles. The molecule has 3 aromatic rings. The number of ether oxygens (including phenoxy) is 1. The van der Waals surface area contributed by atoms with Gasteiger partial charge in [-0.2, -0.15) is 0 Å². The van der Waals surface area contributed by atoms with Crippen LogP contribution in [0, 0.1) is 0 Å². The average molecular weight is 541 g/mol. The number of anilines is 1. The van der Waals surface area contributed by atoms with Gasteiger partial charge in [0.15, 0.2) is 0 Å². The van der Waals surface area contributed by atoms with Crippen LogP contribution in [-0.4, -0.2) is 40.9 Å². The van der Waals surface area contributed by atoms with Crippen LogP contribution in [0.4, 0.5) is 5.69 Å². The van der Waals surface area contributed by atoms with Gasteiger partial charge in [-0.3, -0.25) is 19.5 Å². The Morgan fingerprint density at radius 3 is 2.60 bits per heavy atom. The van der Waals surface area contributed by atoms with Gasteiger partial charge < -0.3 is 15.0 Å². The Kier molecular flexibility index (Phi) is 9.12. The topological polar surface area (TPSA) is 74.8 Å². The molecule has 2 aromatic carbocycles. The molecule has 1 unspecified atom stereocenters. The first-order valence-corrected chi connectivity index (χ1v) is 14.6. The lowest BCUT2D eigenvalue weighted by Gasteiger charge is -2.29. The van der Waals surface area contributed by atoms with Crippen LogP contribution in [0.5, 0.6) is 5.75 Å². The minimum Gasteiger partial charge on any atom is -0.490 e. The lowest BCUT2D eigenvalue weighted by molar-refractivity contribution is -0.116. The molecule has 1 aromatic heterocycles. The maximum absolute atomic E-state index is 13.3. The molecule has 7 heteroatoms. The van der Waals surface area contributed by atoms with E-state index in [9.17, 15) is 9.59 Å². The lowest BCUT2D eigenvalue weighted by atomic mass is 10.0. The van der Waals surface area contributed by atoms with Crippen molar-refractivity contribution in [3.63, 3.8) is 0 Å². The molecule has 7 nitrogen and oxygen atoms in total. The zero-order chi connectivity index (χ0) is 27.9. The van der Waals surface area contributed by atoms with Crippen molar-refractivity contribution in [2.24, 2.45) is 0 Å². The van der Waals surface area contributed by atoms with Crippen molar-refractivity contribution in [2.45, 2.75) is 78.1 Å². The number of pyridine rings is 1. The Morgan fingerprint density at radius 1 is 0.975 bits per heavy atom. The first-order chi connectivity index (χ1) is 19.5. The number of aromatic nitrogens is 1. The summed E-state index contributed by atoms with van der Waals surface area (Å²) in [6.45, 7) is 7.21. The summed E-state index contributed by atoms with van der Waals surface area (Å²) in [5.74, 6) is 0.852. The summed E-state index contributed by atoms with van der Waals surface area (Å²) < 4.78 is 5.81. The van der Waals surface area contributed by atoms with Crippen molar-refractivity contribution in [1.29, 1.82) is 0 Å². The van der Waals surface area contributed by atoms with Crippen molar-refractivity contribution < 1.29 is 14.3 Å². The number of fused-ring (bicyclic) bond motifs is 2. The van der Waals surface area contributed by atoms with Gasteiger partial charge in [-0.05, 0) is 78.9 Å². The third-order valence-corrected chi connectivity index (χ3v) is 7.81. The third kappa shape index (κ3) is 7.07. The van der Waals surface area contributed by atoms with E-state index >= 15 is 0 Å². The van der Waals surface area contributed by atoms with Gasteiger partial charge in [-0.1, -0.05) is 37.5 Å². The van der Waals surface area contributed by atoms with E-state index in [-0.39, 0.29) is 17.9 Å². The fourth-order valence-corrected chi connectivity index (χ4v) is 5.77. The Bertz CT molecular complexity index is 1330. The Labute approximate surface area is 237 Å². The molecular weight excluding hydrogens is 500 g/mol. The zero-order valence-corrected chi connectivity index (χ0v) is 23.7. The highest BCUT2D eigenvalue weighted by atomic mass is 16.5. The van der Waals surface area contributed by atoms with Crippen molar-refractivity contribution in [3.8, 4) is 5.75 Å². The second-order valence-electron chi connectivity index (χ2n) is 11.1. The molecule has 0 saturated carbocycles. The molecule has 5 rings (SSSR count). The average Bonchev–Trinajstić information content (AvgIpc) is 3.32. The molecule has 2 aliphatic rings. The van der Waals surface area contributed by atoms with Gasteiger partial charge in [0.05, 0.1) is 0 Å². The first-order valence-electron chi connectivity index (χ1n) is 14.6. The van der Waals surface area contributed by atoms with E-state index in [0.717, 1.165) is 66.9 Å². The maximum atomic E-state index is 13.3. The summed E-state index contributed by atoms with van der Waals surface area (Å²) in [7, 11) is 0. The second-order valence-corrected chi connectivity index (χ2v) is 11.1. The summed E-state index contributed by atoms with van der Waals surface area (Å²) in [6.07, 6.45) is 10.3. The fourth-order valence-electron chi connectivity index (χ4n) is 5.77. The van der Waals surface area contributed by atoms with E-state index in [0.29, 0.717) is 25.2 Å². The van der Waals surface area contributed by atoms with Crippen molar-refractivity contribution in [1.82, 2.24) is 15.2 Å². The predicted octanol–water partition coefficient (Wildman–Crippen LogP) is 5.65. The standard InChI is InChI=1S/C33H40N4O3/c1-24-17-29-18-26(10-13-32(29)40-24)21-35-33(39)28-11-12-31-30(19-28)23-36(22-27-9-8-14-34-20-27)15-6-4-3-5-7-16-37(31)25(2)38/h8-14,18-20,24H,3-7,15-17,21-23H2,1-2H3,(H,35,39). The predicted molar refractivity (Wildman–Crippen MR) is 157 cm³/mol. The van der Waals surface area contributed by atoms with E-state index in [4.69, 9.17) is 4.74 Å². The van der Waals surface area contributed by atoms with Gasteiger partial charge in [0.25, 0.3) is 5.91 Å². The highest BCUT2D eigenvalue weighted by Gasteiger charge is 2.21. The number of rotatable bonds is 5. The van der Waals surface area contributed by atoms with Gasteiger partial charge in [-0.15, -0.1) is 0 Å². The highest BCUT2D eigenvalue weighted by Crippen LogP contribution is 2.30. The molecule has 0 spiro atoms. The summed E-state index contributed by atoms with van der Waals surface area (Å²) >= 11 is 0. The van der Waals surface area contributed by atoms with Crippen LogP contribution in [0.25, 0.3) is 0 Å². The summed E-state index contributed by atoms with van der Waals surface area (Å²) in [5.41, 5.74) is 5.90. The Hall–Kier alpha value is -3.71. The van der Waals surface area contributed by atoms with Crippen molar-refractivity contribution in [3.05, 3.63) is 88.7 Å². The van der Waals surface area contributed by atoms with Crippen LogP contribution < -0.4 is 15.0 Å². The van der Waals surface area contributed by atoms with Gasteiger partial charge in [0.2, 0.25) is 5.91 Å². The van der Waals surface area contributed by atoms with Crippen LogP contribution in [0.15, 0.2) is 60.9 Å². The van der Waals surface area contributed by atoms with E-state index in [1.54, 1.807) is 13.1 Å². The first kappa shape index (κ1) is 27.8. The van der Waals surface area contributed by atoms with E-state index in [1.165, 1.54) is 18.4 Å². The van der Waals surface area contributed by atoms with Crippen LogP contribution in [0.2, 0.25) is 0 Å². The number of hydrogen-bond acceptors (Lipinski definition) is 5. The number of nitrogens with one attached hydrogen (secondary N) is 1. The molecule has 0 bridgehead atoms. The molecular formula is C33H40N4O3. The molecule has 1 atom stereocenters. The summed E-state index contributed by atoms with van der Waals surface area (Å²) in [4.78, 5) is 34.7. The summed E-state index contributed by atoms with van der Waals surface area (Å²) in [5, 5.41) is 3.10. The number of benzene rings is 2. The summed E-state index contributed by atoms with van der Waals surface area (Å²) in [6, 6.07) is 16.0. The van der Waals surface area contributed by atoms with E-state index in [1.807, 2.05) is 47.5 Å². The van der Waals surface area contributed by atoms with Gasteiger partial charge in [0.1, 0.15) is 11.9 Å². The normalized spacial score (nSPS) is 18.1. The Morgan fingerprint density at radius 2 is 1.80 bits per heavy atom. The van der Waals surface area contributed by atoms with Crippen molar-refractivity contribution in [2.75, 3.05) is 18.0 Å². The molecule has 0 saturated heterocycles. The molecule has 40 heavy (non-hydrogen) atoms. The molecule has 0 fully saturated rings. The van der Waals surface area contributed by atoms with Gasteiger partial charge in [-0.25, -0.2) is 0 Å². The fraction of sp³-hybridized carbons (Fsp3) is 0.424. The number of carbonyl (C=O) groups excluding carboxylic acids is 2. The largest absolute Gasteiger partial charge is 0.490 e. The molecule has 2 aliphatic heterocycles. The quantitative estimate of drug-likeness (QED) is 0.452. The van der Waals surface area contributed by atoms with Gasteiger partial charge in [0, 0.05) is 63.2 Å². The zero-order valence-electron chi connectivity index (χ0n) is 23.7. The molecule has 0 aliphatic carbocycles. The number of nitrogens with zero attached hydrogens (tertiary/aromatic N) is 3. The second kappa shape index (κ2) is 13.1. The molecule has 210 valence electrons. The minimum absolute atomic E-state index is 0.0317. The number of carbonyl (C=O) groups is 2. The molecule has 0 radical (unpaired) electrons. The number of hydrogen-bond donors (Lipinski definition) is 1. The van der Waals surface area contributed by atoms with Crippen LogP contribution in [-0.2, 0) is 30.8 Å².